The predicted molar refractivity (Wildman–Crippen MR) is 138 cm³/mol. The van der Waals surface area contributed by atoms with Gasteiger partial charge in [0, 0.05) is 37.1 Å². The SMILES string of the molecule is O=C(NCc1ccc2c(c1)OCO2)Oc1ccnc(Nc2cccc(OCCCN3CCCCC3)c2)n1. The molecule has 3 heterocycles. The Morgan fingerprint density at radius 2 is 1.92 bits per heavy atom. The molecule has 0 bridgehead atoms. The minimum atomic E-state index is -0.623. The molecular weight excluding hydrogens is 474 g/mol. The van der Waals surface area contributed by atoms with Gasteiger partial charge in [0.15, 0.2) is 11.5 Å². The predicted octanol–water partition coefficient (Wildman–Crippen LogP) is 4.49. The lowest BCUT2D eigenvalue weighted by Gasteiger charge is -2.26. The Hall–Kier alpha value is -4.05. The molecule has 1 aromatic heterocycles. The molecule has 37 heavy (non-hydrogen) atoms. The molecular formula is C27H31N5O5. The van der Waals surface area contributed by atoms with Gasteiger partial charge in [0.05, 0.1) is 6.61 Å². The Labute approximate surface area is 215 Å². The van der Waals surface area contributed by atoms with E-state index in [-0.39, 0.29) is 19.2 Å². The highest BCUT2D eigenvalue weighted by atomic mass is 16.7. The Morgan fingerprint density at radius 3 is 2.84 bits per heavy atom. The third kappa shape index (κ3) is 7.23. The highest BCUT2D eigenvalue weighted by Gasteiger charge is 2.14. The van der Waals surface area contributed by atoms with E-state index in [2.05, 4.69) is 25.5 Å². The van der Waals surface area contributed by atoms with Crippen LogP contribution >= 0.6 is 0 Å². The van der Waals surface area contributed by atoms with Crippen LogP contribution in [0.15, 0.2) is 54.7 Å². The normalized spacial score (nSPS) is 14.7. The molecule has 2 aromatic carbocycles. The van der Waals surface area contributed by atoms with Crippen molar-refractivity contribution in [2.24, 2.45) is 0 Å². The second-order valence-corrected chi connectivity index (χ2v) is 8.91. The molecule has 0 radical (unpaired) electrons. The molecule has 10 heteroatoms. The summed E-state index contributed by atoms with van der Waals surface area (Å²) in [5.74, 6) is 2.57. The lowest BCUT2D eigenvalue weighted by molar-refractivity contribution is 0.174. The molecule has 1 saturated heterocycles. The monoisotopic (exact) mass is 505 g/mol. The summed E-state index contributed by atoms with van der Waals surface area (Å²) in [7, 11) is 0. The average molecular weight is 506 g/mol. The number of amides is 1. The van der Waals surface area contributed by atoms with E-state index in [1.54, 1.807) is 0 Å². The van der Waals surface area contributed by atoms with Gasteiger partial charge in [-0.3, -0.25) is 0 Å². The van der Waals surface area contributed by atoms with Crippen molar-refractivity contribution in [3.63, 3.8) is 0 Å². The van der Waals surface area contributed by atoms with Crippen LogP contribution in [0.3, 0.4) is 0 Å². The molecule has 194 valence electrons. The first-order valence-corrected chi connectivity index (χ1v) is 12.6. The summed E-state index contributed by atoms with van der Waals surface area (Å²) < 4.78 is 21.9. The van der Waals surface area contributed by atoms with Gasteiger partial charge in [-0.15, -0.1) is 0 Å². The van der Waals surface area contributed by atoms with Gasteiger partial charge >= 0.3 is 6.09 Å². The summed E-state index contributed by atoms with van der Waals surface area (Å²) in [4.78, 5) is 23.3. The van der Waals surface area contributed by atoms with E-state index >= 15 is 0 Å². The average Bonchev–Trinajstić information content (AvgIpc) is 3.39. The van der Waals surface area contributed by atoms with E-state index < -0.39 is 6.09 Å². The Kier molecular flexibility index (Phi) is 8.17. The van der Waals surface area contributed by atoms with Crippen molar-refractivity contribution in [2.75, 3.05) is 38.4 Å². The van der Waals surface area contributed by atoms with Gasteiger partial charge in [0.2, 0.25) is 18.6 Å². The third-order valence-corrected chi connectivity index (χ3v) is 6.13. The van der Waals surface area contributed by atoms with Gasteiger partial charge < -0.3 is 34.5 Å². The van der Waals surface area contributed by atoms with Crippen LogP contribution in [-0.4, -0.2) is 54.0 Å². The highest BCUT2D eigenvalue weighted by molar-refractivity contribution is 5.70. The van der Waals surface area contributed by atoms with Gasteiger partial charge in [-0.05, 0) is 62.2 Å². The molecule has 10 nitrogen and oxygen atoms in total. The molecule has 5 rings (SSSR count). The quantitative estimate of drug-likeness (QED) is 0.385. The maximum Gasteiger partial charge on any atom is 0.414 e. The number of hydrogen-bond acceptors (Lipinski definition) is 9. The van der Waals surface area contributed by atoms with E-state index in [1.165, 1.54) is 44.6 Å². The zero-order valence-electron chi connectivity index (χ0n) is 20.7. The fraction of sp³-hybridized carbons (Fsp3) is 0.370. The second kappa shape index (κ2) is 12.3. The van der Waals surface area contributed by atoms with Crippen LogP contribution in [0.25, 0.3) is 0 Å². The number of carbonyl (C=O) groups is 1. The first-order chi connectivity index (χ1) is 18.2. The Bertz CT molecular complexity index is 1200. The fourth-order valence-corrected chi connectivity index (χ4v) is 4.27. The van der Waals surface area contributed by atoms with Crippen molar-refractivity contribution >= 4 is 17.7 Å². The largest absolute Gasteiger partial charge is 0.493 e. The highest BCUT2D eigenvalue weighted by Crippen LogP contribution is 2.32. The topological polar surface area (TPSA) is 107 Å². The minimum absolute atomic E-state index is 0.130. The number of carbonyl (C=O) groups excluding carboxylic acids is 1. The van der Waals surface area contributed by atoms with Crippen LogP contribution in [-0.2, 0) is 6.54 Å². The molecule has 2 aliphatic heterocycles. The molecule has 2 N–H and O–H groups in total. The molecule has 0 unspecified atom stereocenters. The fourth-order valence-electron chi connectivity index (χ4n) is 4.27. The Morgan fingerprint density at radius 1 is 1.03 bits per heavy atom. The molecule has 0 saturated carbocycles. The first-order valence-electron chi connectivity index (χ1n) is 12.6. The lowest BCUT2D eigenvalue weighted by atomic mass is 10.1. The van der Waals surface area contributed by atoms with Crippen LogP contribution in [0.5, 0.6) is 23.1 Å². The zero-order valence-corrected chi connectivity index (χ0v) is 20.7. The van der Waals surface area contributed by atoms with Gasteiger partial charge in [-0.1, -0.05) is 18.6 Å². The summed E-state index contributed by atoms with van der Waals surface area (Å²) in [6, 6.07) is 14.6. The van der Waals surface area contributed by atoms with E-state index in [1.807, 2.05) is 42.5 Å². The summed E-state index contributed by atoms with van der Waals surface area (Å²) in [6.07, 6.45) is 5.85. The van der Waals surface area contributed by atoms with Crippen LogP contribution in [0.4, 0.5) is 16.4 Å². The van der Waals surface area contributed by atoms with E-state index in [0.29, 0.717) is 24.1 Å². The van der Waals surface area contributed by atoms with Gasteiger partial charge in [0.1, 0.15) is 5.75 Å². The van der Waals surface area contributed by atoms with E-state index in [0.717, 1.165) is 30.0 Å². The van der Waals surface area contributed by atoms with Crippen LogP contribution in [0, 0.1) is 0 Å². The van der Waals surface area contributed by atoms with Crippen molar-refractivity contribution in [2.45, 2.75) is 32.2 Å². The molecule has 0 spiro atoms. The van der Waals surface area contributed by atoms with E-state index in [9.17, 15) is 4.79 Å². The van der Waals surface area contributed by atoms with Crippen LogP contribution < -0.4 is 29.6 Å². The summed E-state index contributed by atoms with van der Waals surface area (Å²) in [6.45, 7) is 4.61. The number of fused-ring (bicyclic) bond motifs is 1. The number of anilines is 2. The summed E-state index contributed by atoms with van der Waals surface area (Å²) >= 11 is 0. The smallest absolute Gasteiger partial charge is 0.414 e. The van der Waals surface area contributed by atoms with Crippen molar-refractivity contribution in [1.82, 2.24) is 20.2 Å². The van der Waals surface area contributed by atoms with Gasteiger partial charge in [-0.25, -0.2) is 9.78 Å². The van der Waals surface area contributed by atoms with Crippen molar-refractivity contribution in [1.29, 1.82) is 0 Å². The number of aromatic nitrogens is 2. The van der Waals surface area contributed by atoms with Crippen LogP contribution in [0.2, 0.25) is 0 Å². The maximum atomic E-state index is 12.3. The first kappa shape index (κ1) is 24.6. The number of ether oxygens (including phenoxy) is 4. The zero-order chi connectivity index (χ0) is 25.3. The number of benzene rings is 2. The minimum Gasteiger partial charge on any atom is -0.493 e. The molecule has 1 fully saturated rings. The van der Waals surface area contributed by atoms with Crippen LogP contribution in [0.1, 0.15) is 31.2 Å². The molecule has 1 amide bonds. The van der Waals surface area contributed by atoms with Crippen molar-refractivity contribution < 1.29 is 23.7 Å². The van der Waals surface area contributed by atoms with Gasteiger partial charge in [0.25, 0.3) is 0 Å². The van der Waals surface area contributed by atoms with Crippen molar-refractivity contribution in [3.05, 3.63) is 60.3 Å². The summed E-state index contributed by atoms with van der Waals surface area (Å²) in [5.41, 5.74) is 1.64. The molecule has 0 aliphatic carbocycles. The number of nitrogens with zero attached hydrogens (tertiary/aromatic N) is 3. The summed E-state index contributed by atoms with van der Waals surface area (Å²) in [5, 5.41) is 5.84. The van der Waals surface area contributed by atoms with Gasteiger partial charge in [-0.2, -0.15) is 4.98 Å². The third-order valence-electron chi connectivity index (χ3n) is 6.13. The Balaban J connectivity index is 1.08. The number of nitrogens with one attached hydrogen (secondary N) is 2. The second-order valence-electron chi connectivity index (χ2n) is 8.91. The van der Waals surface area contributed by atoms with Crippen molar-refractivity contribution in [3.8, 4) is 23.1 Å². The lowest BCUT2D eigenvalue weighted by Crippen LogP contribution is -2.31. The number of likely N-dealkylation sites (tertiary alicyclic amines) is 1. The number of piperidine rings is 1. The van der Waals surface area contributed by atoms with E-state index in [4.69, 9.17) is 18.9 Å². The molecule has 0 atom stereocenters. The number of hydrogen-bond donors (Lipinski definition) is 2. The standard InChI is InChI=1S/C27H31N5O5/c33-27(29-18-20-8-9-23-24(16-20)36-19-35-23)37-25-10-11-28-26(31-25)30-21-6-4-7-22(17-21)34-15-5-14-32-12-2-1-3-13-32/h4,6-11,16-17H,1-3,5,12-15,18-19H2,(H,29,33)(H,28,30,31). The molecule has 2 aliphatic rings. The number of rotatable bonds is 10. The maximum absolute atomic E-state index is 12.3. The molecule has 3 aromatic rings.